The number of nitrogens with one attached hydrogen (secondary N) is 1. The number of carbonyl (C=O) groups is 1. The highest BCUT2D eigenvalue weighted by atomic mass is 16.5. The minimum Gasteiger partial charge on any atom is -0.460 e. The zero-order chi connectivity index (χ0) is 24.7. The third-order valence-electron chi connectivity index (χ3n) is 6.96. The summed E-state index contributed by atoms with van der Waals surface area (Å²) in [6, 6.07) is 9.69. The first-order chi connectivity index (χ1) is 16.8. The molecule has 0 atom stereocenters. The van der Waals surface area contributed by atoms with Gasteiger partial charge in [-0.2, -0.15) is 0 Å². The second-order valence-corrected chi connectivity index (χ2v) is 9.36. The summed E-state index contributed by atoms with van der Waals surface area (Å²) in [5.74, 6) is 0.563. The number of hydrogen-bond acceptors (Lipinski definition) is 6. The Morgan fingerprint density at radius 1 is 0.971 bits per heavy atom. The number of anilines is 1. The number of fused-ring (bicyclic) bond motifs is 3. The molecule has 1 fully saturated rings. The number of furan rings is 1. The molecule has 0 spiro atoms. The molecule has 2 aromatic carbocycles. The average Bonchev–Trinajstić information content (AvgIpc) is 3.13. The molecule has 1 aliphatic heterocycles. The van der Waals surface area contributed by atoms with Gasteiger partial charge in [0, 0.05) is 30.7 Å². The summed E-state index contributed by atoms with van der Waals surface area (Å²) in [4.78, 5) is 28.0. The number of amides is 1. The molecule has 0 aliphatic carbocycles. The summed E-state index contributed by atoms with van der Waals surface area (Å²) in [6.45, 7) is 12.0. The van der Waals surface area contributed by atoms with Crippen LogP contribution in [0.5, 0.6) is 0 Å². The molecule has 0 bridgehead atoms. The molecule has 4 aromatic rings. The monoisotopic (exact) mass is 474 g/mol. The van der Waals surface area contributed by atoms with Crippen LogP contribution in [-0.2, 0) is 22.5 Å². The van der Waals surface area contributed by atoms with E-state index in [9.17, 15) is 9.59 Å². The van der Waals surface area contributed by atoms with E-state index >= 15 is 0 Å². The van der Waals surface area contributed by atoms with Crippen LogP contribution in [0.25, 0.3) is 21.9 Å². The zero-order valence-electron chi connectivity index (χ0n) is 20.6. The van der Waals surface area contributed by atoms with Crippen LogP contribution >= 0.6 is 0 Å². The highest BCUT2D eigenvalue weighted by molar-refractivity contribution is 6.07. The Morgan fingerprint density at radius 2 is 1.69 bits per heavy atom. The molecule has 1 aliphatic rings. The van der Waals surface area contributed by atoms with Crippen LogP contribution in [0.15, 0.2) is 44.0 Å². The fourth-order valence-corrected chi connectivity index (χ4v) is 4.91. The summed E-state index contributed by atoms with van der Waals surface area (Å²) >= 11 is 0. The number of aryl methyl sites for hydroxylation is 4. The Labute approximate surface area is 203 Å². The third kappa shape index (κ3) is 4.49. The number of carbonyl (C=O) groups excluding carboxylic acids is 1. The number of benzene rings is 2. The van der Waals surface area contributed by atoms with Crippen molar-refractivity contribution in [1.29, 1.82) is 0 Å². The van der Waals surface area contributed by atoms with Gasteiger partial charge in [-0.15, -0.1) is 0 Å². The second-order valence-electron chi connectivity index (χ2n) is 9.36. The molecule has 7 nitrogen and oxygen atoms in total. The average molecular weight is 475 g/mol. The Balaban J connectivity index is 1.37. The van der Waals surface area contributed by atoms with Gasteiger partial charge in [0.15, 0.2) is 0 Å². The van der Waals surface area contributed by atoms with E-state index in [0.717, 1.165) is 60.5 Å². The molecule has 1 N–H and O–H groups in total. The van der Waals surface area contributed by atoms with Crippen LogP contribution in [0.4, 0.5) is 5.69 Å². The van der Waals surface area contributed by atoms with E-state index < -0.39 is 5.63 Å². The first-order valence-electron chi connectivity index (χ1n) is 12.0. The van der Waals surface area contributed by atoms with Crippen LogP contribution in [0.2, 0.25) is 0 Å². The summed E-state index contributed by atoms with van der Waals surface area (Å²) in [5.41, 5.74) is 5.68. The van der Waals surface area contributed by atoms with Crippen LogP contribution < -0.4 is 10.9 Å². The topological polar surface area (TPSA) is 84.9 Å². The predicted molar refractivity (Wildman–Crippen MR) is 136 cm³/mol. The van der Waals surface area contributed by atoms with Crippen molar-refractivity contribution in [2.24, 2.45) is 0 Å². The second kappa shape index (κ2) is 9.32. The smallest absolute Gasteiger partial charge is 0.340 e. The molecule has 2 aromatic heterocycles. The van der Waals surface area contributed by atoms with Crippen LogP contribution in [0.3, 0.4) is 0 Å². The summed E-state index contributed by atoms with van der Waals surface area (Å²) in [6.07, 6.45) is -0.0757. The van der Waals surface area contributed by atoms with E-state index in [1.807, 2.05) is 58.0 Å². The van der Waals surface area contributed by atoms with Gasteiger partial charge in [0.2, 0.25) is 5.91 Å². The van der Waals surface area contributed by atoms with Crippen LogP contribution in [-0.4, -0.2) is 37.1 Å². The van der Waals surface area contributed by atoms with Crippen molar-refractivity contribution in [3.8, 4) is 0 Å². The fraction of sp³-hybridized carbons (Fsp3) is 0.357. The predicted octanol–water partition coefficient (Wildman–Crippen LogP) is 4.79. The van der Waals surface area contributed by atoms with Gasteiger partial charge < -0.3 is 18.9 Å². The minimum atomic E-state index is -0.496. The third-order valence-corrected chi connectivity index (χ3v) is 6.96. The maximum Gasteiger partial charge on any atom is 0.340 e. The maximum atomic E-state index is 12.9. The lowest BCUT2D eigenvalue weighted by molar-refractivity contribution is -0.115. The first kappa shape index (κ1) is 23.3. The van der Waals surface area contributed by atoms with E-state index in [1.165, 1.54) is 5.56 Å². The van der Waals surface area contributed by atoms with Crippen LogP contribution in [0, 0.1) is 27.7 Å². The van der Waals surface area contributed by atoms with Crippen molar-refractivity contribution in [2.75, 3.05) is 31.6 Å². The van der Waals surface area contributed by atoms with Gasteiger partial charge in [0.05, 0.1) is 30.6 Å². The summed E-state index contributed by atoms with van der Waals surface area (Å²) < 4.78 is 17.1. The Hall–Kier alpha value is -3.42. The number of hydrogen-bond donors (Lipinski definition) is 1. The number of ether oxygens (including phenoxy) is 1. The van der Waals surface area contributed by atoms with Gasteiger partial charge in [-0.3, -0.25) is 9.69 Å². The van der Waals surface area contributed by atoms with Gasteiger partial charge in [0.25, 0.3) is 0 Å². The molecular weight excluding hydrogens is 444 g/mol. The number of morpholine rings is 1. The Bertz CT molecular complexity index is 1470. The molecule has 1 amide bonds. The quantitative estimate of drug-likeness (QED) is 0.419. The van der Waals surface area contributed by atoms with Gasteiger partial charge in [-0.25, -0.2) is 4.79 Å². The van der Waals surface area contributed by atoms with E-state index in [0.29, 0.717) is 28.0 Å². The SMILES string of the molecule is Cc1oc2c(c(C)cc3oc(=O)c(CC(=O)Nc4ccc(CN5CCOCC5)cc4)c(C)c32)c1C. The molecular formula is C28H30N2O5. The molecule has 35 heavy (non-hydrogen) atoms. The van der Waals surface area contributed by atoms with Crippen molar-refractivity contribution >= 4 is 33.5 Å². The Kier molecular flexibility index (Phi) is 6.21. The fourth-order valence-electron chi connectivity index (χ4n) is 4.91. The van der Waals surface area contributed by atoms with Gasteiger partial charge in [0.1, 0.15) is 16.9 Å². The summed E-state index contributed by atoms with van der Waals surface area (Å²) in [5, 5.41) is 4.68. The zero-order valence-corrected chi connectivity index (χ0v) is 20.6. The van der Waals surface area contributed by atoms with E-state index in [4.69, 9.17) is 13.6 Å². The largest absolute Gasteiger partial charge is 0.460 e. The number of nitrogens with zero attached hydrogens (tertiary/aromatic N) is 1. The van der Waals surface area contributed by atoms with Crippen molar-refractivity contribution in [3.05, 3.63) is 74.3 Å². The summed E-state index contributed by atoms with van der Waals surface area (Å²) in [7, 11) is 0. The molecule has 5 rings (SSSR count). The van der Waals surface area contributed by atoms with Gasteiger partial charge in [-0.1, -0.05) is 12.1 Å². The first-order valence-corrected chi connectivity index (χ1v) is 12.0. The minimum absolute atomic E-state index is 0.0757. The van der Waals surface area contributed by atoms with E-state index in [2.05, 4.69) is 10.2 Å². The van der Waals surface area contributed by atoms with Gasteiger partial charge in [-0.05, 0) is 68.1 Å². The normalized spacial score (nSPS) is 14.6. The maximum absolute atomic E-state index is 12.9. The highest BCUT2D eigenvalue weighted by Crippen LogP contribution is 2.36. The van der Waals surface area contributed by atoms with Crippen molar-refractivity contribution < 1.29 is 18.4 Å². The lowest BCUT2D eigenvalue weighted by Gasteiger charge is -2.26. The Morgan fingerprint density at radius 3 is 2.40 bits per heavy atom. The molecule has 0 saturated carbocycles. The molecule has 0 radical (unpaired) electrons. The molecule has 7 heteroatoms. The molecule has 182 valence electrons. The highest BCUT2D eigenvalue weighted by Gasteiger charge is 2.21. The lowest BCUT2D eigenvalue weighted by Crippen LogP contribution is -2.35. The molecule has 1 saturated heterocycles. The molecule has 3 heterocycles. The van der Waals surface area contributed by atoms with E-state index in [-0.39, 0.29) is 12.3 Å². The standard InChI is InChI=1S/C28H30N2O5/c1-16-13-23-26(27-25(16)17(2)19(4)34-27)18(3)22(28(32)35-23)14-24(31)29-21-7-5-20(6-8-21)15-30-9-11-33-12-10-30/h5-8,13H,9-12,14-15H2,1-4H3,(H,29,31). The number of rotatable bonds is 5. The van der Waals surface area contributed by atoms with Crippen molar-refractivity contribution in [2.45, 2.75) is 40.7 Å². The van der Waals surface area contributed by atoms with E-state index in [1.54, 1.807) is 0 Å². The lowest BCUT2D eigenvalue weighted by atomic mass is 9.98. The van der Waals surface area contributed by atoms with Crippen molar-refractivity contribution in [3.63, 3.8) is 0 Å². The van der Waals surface area contributed by atoms with Crippen molar-refractivity contribution in [1.82, 2.24) is 4.90 Å². The van der Waals surface area contributed by atoms with Crippen LogP contribution in [0.1, 0.15) is 33.6 Å². The molecule has 0 unspecified atom stereocenters. The van der Waals surface area contributed by atoms with Gasteiger partial charge >= 0.3 is 5.63 Å².